The third-order valence-corrected chi connectivity index (χ3v) is 4.90. The first-order chi connectivity index (χ1) is 9.32. The van der Waals surface area contributed by atoms with Gasteiger partial charge in [0.05, 0.1) is 11.5 Å². The standard InChI is InChI=1S/C17H22N2/c18-13-17(15-8-2-1-3-9-15)10-16(11-17)19-12-14-6-4-5-7-14/h1-3,8-9,14,16,19H,4-7,10-12H2. The summed E-state index contributed by atoms with van der Waals surface area (Å²) in [4.78, 5) is 0. The van der Waals surface area contributed by atoms with Crippen LogP contribution in [-0.2, 0) is 5.41 Å². The van der Waals surface area contributed by atoms with Gasteiger partial charge in [-0.25, -0.2) is 0 Å². The molecule has 0 unspecified atom stereocenters. The van der Waals surface area contributed by atoms with E-state index in [2.05, 4.69) is 23.5 Å². The zero-order chi connectivity index (χ0) is 13.1. The van der Waals surface area contributed by atoms with Gasteiger partial charge in [0.1, 0.15) is 0 Å². The Bertz CT molecular complexity index is 448. The van der Waals surface area contributed by atoms with Crippen LogP contribution in [0.25, 0.3) is 0 Å². The third kappa shape index (κ3) is 2.53. The van der Waals surface area contributed by atoms with E-state index in [0.717, 1.165) is 25.3 Å². The van der Waals surface area contributed by atoms with Crippen LogP contribution < -0.4 is 5.32 Å². The third-order valence-electron chi connectivity index (χ3n) is 4.90. The predicted molar refractivity (Wildman–Crippen MR) is 76.7 cm³/mol. The summed E-state index contributed by atoms with van der Waals surface area (Å²) >= 11 is 0. The molecule has 1 N–H and O–H groups in total. The van der Waals surface area contributed by atoms with E-state index in [9.17, 15) is 5.26 Å². The quantitative estimate of drug-likeness (QED) is 0.894. The van der Waals surface area contributed by atoms with Crippen LogP contribution in [0.2, 0.25) is 0 Å². The van der Waals surface area contributed by atoms with Crippen molar-refractivity contribution in [2.75, 3.05) is 6.54 Å². The molecular weight excluding hydrogens is 232 g/mol. The van der Waals surface area contributed by atoms with Gasteiger partial charge < -0.3 is 5.32 Å². The lowest BCUT2D eigenvalue weighted by Crippen LogP contribution is -2.51. The van der Waals surface area contributed by atoms with Crippen LogP contribution in [0.1, 0.15) is 44.1 Å². The van der Waals surface area contributed by atoms with Gasteiger partial charge in [0.15, 0.2) is 0 Å². The molecular formula is C17H22N2. The molecule has 2 aliphatic carbocycles. The Morgan fingerprint density at radius 3 is 2.47 bits per heavy atom. The number of benzene rings is 1. The molecule has 0 saturated heterocycles. The Hall–Kier alpha value is -1.33. The van der Waals surface area contributed by atoms with E-state index in [0.29, 0.717) is 6.04 Å². The minimum Gasteiger partial charge on any atom is -0.314 e. The molecule has 0 bridgehead atoms. The van der Waals surface area contributed by atoms with Crippen LogP contribution in [0.5, 0.6) is 0 Å². The molecule has 0 spiro atoms. The van der Waals surface area contributed by atoms with Crippen LogP contribution >= 0.6 is 0 Å². The Kier molecular flexibility index (Phi) is 3.57. The van der Waals surface area contributed by atoms with Crippen molar-refractivity contribution in [3.05, 3.63) is 35.9 Å². The van der Waals surface area contributed by atoms with Gasteiger partial charge in [0.2, 0.25) is 0 Å². The first-order valence-electron chi connectivity index (χ1n) is 7.52. The lowest BCUT2D eigenvalue weighted by molar-refractivity contribution is 0.218. The van der Waals surface area contributed by atoms with Crippen LogP contribution in [-0.4, -0.2) is 12.6 Å². The van der Waals surface area contributed by atoms with E-state index < -0.39 is 0 Å². The van der Waals surface area contributed by atoms with Gasteiger partial charge in [-0.1, -0.05) is 43.2 Å². The summed E-state index contributed by atoms with van der Waals surface area (Å²) in [6, 6.07) is 13.4. The second-order valence-corrected chi connectivity index (χ2v) is 6.22. The largest absolute Gasteiger partial charge is 0.314 e. The first kappa shape index (κ1) is 12.7. The fourth-order valence-corrected chi connectivity index (χ4v) is 3.62. The van der Waals surface area contributed by atoms with Crippen molar-refractivity contribution in [3.63, 3.8) is 0 Å². The van der Waals surface area contributed by atoms with E-state index in [1.807, 2.05) is 18.2 Å². The summed E-state index contributed by atoms with van der Waals surface area (Å²) < 4.78 is 0. The first-order valence-corrected chi connectivity index (χ1v) is 7.52. The molecule has 0 radical (unpaired) electrons. The zero-order valence-corrected chi connectivity index (χ0v) is 11.4. The molecule has 0 atom stereocenters. The van der Waals surface area contributed by atoms with Crippen molar-refractivity contribution in [1.29, 1.82) is 5.26 Å². The topological polar surface area (TPSA) is 35.8 Å². The average Bonchev–Trinajstić information content (AvgIpc) is 2.92. The van der Waals surface area contributed by atoms with Crippen molar-refractivity contribution >= 4 is 0 Å². The normalized spacial score (nSPS) is 30.8. The summed E-state index contributed by atoms with van der Waals surface area (Å²) in [5.74, 6) is 0.883. The smallest absolute Gasteiger partial charge is 0.0852 e. The fraction of sp³-hybridized carbons (Fsp3) is 0.588. The fourth-order valence-electron chi connectivity index (χ4n) is 3.62. The summed E-state index contributed by atoms with van der Waals surface area (Å²) in [6.45, 7) is 1.15. The van der Waals surface area contributed by atoms with Crippen molar-refractivity contribution in [1.82, 2.24) is 5.32 Å². The number of rotatable bonds is 4. The van der Waals surface area contributed by atoms with Crippen LogP contribution in [0.15, 0.2) is 30.3 Å². The molecule has 0 amide bonds. The molecule has 0 heterocycles. The lowest BCUT2D eigenvalue weighted by atomic mass is 9.62. The highest BCUT2D eigenvalue weighted by molar-refractivity contribution is 5.36. The van der Waals surface area contributed by atoms with Gasteiger partial charge in [-0.05, 0) is 43.7 Å². The molecule has 2 saturated carbocycles. The summed E-state index contributed by atoms with van der Waals surface area (Å²) in [6.07, 6.45) is 7.54. The maximum absolute atomic E-state index is 9.51. The average molecular weight is 254 g/mol. The second-order valence-electron chi connectivity index (χ2n) is 6.22. The second kappa shape index (κ2) is 5.35. The molecule has 2 aliphatic rings. The Balaban J connectivity index is 1.54. The van der Waals surface area contributed by atoms with Gasteiger partial charge in [0.25, 0.3) is 0 Å². The Morgan fingerprint density at radius 1 is 1.16 bits per heavy atom. The lowest BCUT2D eigenvalue weighted by Gasteiger charge is -2.43. The maximum Gasteiger partial charge on any atom is 0.0852 e. The summed E-state index contributed by atoms with van der Waals surface area (Å²) in [7, 11) is 0. The van der Waals surface area contributed by atoms with Crippen molar-refractivity contribution < 1.29 is 0 Å². The molecule has 2 fully saturated rings. The predicted octanol–water partition coefficient (Wildman–Crippen LogP) is 3.39. The number of hydrogen-bond acceptors (Lipinski definition) is 2. The van der Waals surface area contributed by atoms with E-state index in [1.165, 1.54) is 31.2 Å². The molecule has 2 nitrogen and oxygen atoms in total. The van der Waals surface area contributed by atoms with Gasteiger partial charge in [-0.15, -0.1) is 0 Å². The van der Waals surface area contributed by atoms with E-state index in [1.54, 1.807) is 0 Å². The molecule has 19 heavy (non-hydrogen) atoms. The van der Waals surface area contributed by atoms with Crippen molar-refractivity contribution in [3.8, 4) is 6.07 Å². The van der Waals surface area contributed by atoms with Crippen LogP contribution in [0, 0.1) is 17.2 Å². The number of nitrogens with zero attached hydrogens (tertiary/aromatic N) is 1. The van der Waals surface area contributed by atoms with Gasteiger partial charge in [-0.3, -0.25) is 0 Å². The van der Waals surface area contributed by atoms with E-state index in [4.69, 9.17) is 0 Å². The highest BCUT2D eigenvalue weighted by Gasteiger charge is 2.45. The molecule has 100 valence electrons. The SMILES string of the molecule is N#CC1(c2ccccc2)CC(NCC2CCCC2)C1. The van der Waals surface area contributed by atoms with E-state index >= 15 is 0 Å². The zero-order valence-electron chi connectivity index (χ0n) is 11.4. The van der Waals surface area contributed by atoms with Crippen molar-refractivity contribution in [2.24, 2.45) is 5.92 Å². The molecule has 2 heteroatoms. The monoisotopic (exact) mass is 254 g/mol. The van der Waals surface area contributed by atoms with Gasteiger partial charge in [0, 0.05) is 6.04 Å². The summed E-state index contributed by atoms with van der Waals surface area (Å²) in [5, 5.41) is 13.2. The Morgan fingerprint density at radius 2 is 1.84 bits per heavy atom. The molecule has 1 aromatic carbocycles. The number of hydrogen-bond donors (Lipinski definition) is 1. The van der Waals surface area contributed by atoms with Gasteiger partial charge >= 0.3 is 0 Å². The number of nitrogens with one attached hydrogen (secondary N) is 1. The van der Waals surface area contributed by atoms with Crippen LogP contribution in [0.3, 0.4) is 0 Å². The molecule has 0 aromatic heterocycles. The molecule has 3 rings (SSSR count). The van der Waals surface area contributed by atoms with E-state index in [-0.39, 0.29) is 5.41 Å². The van der Waals surface area contributed by atoms with Gasteiger partial charge in [-0.2, -0.15) is 5.26 Å². The Labute approximate surface area is 115 Å². The highest BCUT2D eigenvalue weighted by Crippen LogP contribution is 2.43. The van der Waals surface area contributed by atoms with Crippen LogP contribution in [0.4, 0.5) is 0 Å². The highest BCUT2D eigenvalue weighted by atomic mass is 14.9. The molecule has 0 aliphatic heterocycles. The minimum atomic E-state index is -0.228. The maximum atomic E-state index is 9.51. The summed E-state index contributed by atoms with van der Waals surface area (Å²) in [5.41, 5.74) is 0.964. The van der Waals surface area contributed by atoms with Crippen molar-refractivity contribution in [2.45, 2.75) is 50.0 Å². The number of nitriles is 1. The molecule has 1 aromatic rings. The minimum absolute atomic E-state index is 0.228.